The van der Waals surface area contributed by atoms with Crippen molar-refractivity contribution in [2.75, 3.05) is 10.2 Å². The van der Waals surface area contributed by atoms with Crippen molar-refractivity contribution < 1.29 is 23.3 Å². The van der Waals surface area contributed by atoms with Crippen LogP contribution in [0.25, 0.3) is 0 Å². The Morgan fingerprint density at radius 2 is 1.78 bits per heavy atom. The van der Waals surface area contributed by atoms with Crippen LogP contribution in [0.4, 0.5) is 11.5 Å². The first-order chi connectivity index (χ1) is 17.3. The minimum absolute atomic E-state index is 0.0721. The van der Waals surface area contributed by atoms with Gasteiger partial charge in [0.25, 0.3) is 5.91 Å². The lowest BCUT2D eigenvalue weighted by Crippen LogP contribution is -2.46. The molecule has 1 saturated carbocycles. The van der Waals surface area contributed by atoms with Crippen LogP contribution in [0.1, 0.15) is 67.2 Å². The number of rotatable bonds is 9. The van der Waals surface area contributed by atoms with Gasteiger partial charge in [0.05, 0.1) is 6.26 Å². The smallest absolute Gasteiger partial charge is 0.251 e. The molecule has 1 aliphatic rings. The minimum atomic E-state index is -1.00. The molecule has 1 fully saturated rings. The average molecular weight is 493 g/mol. The highest BCUT2D eigenvalue weighted by atomic mass is 16.5. The van der Waals surface area contributed by atoms with Gasteiger partial charge in [0.1, 0.15) is 11.5 Å². The molecule has 0 bridgehead atoms. The number of nitrogens with one attached hydrogen (secondary N) is 2. The molecule has 2 heterocycles. The molecule has 1 atom stereocenters. The molecule has 190 valence electrons. The second-order valence-electron chi connectivity index (χ2n) is 9.39. The molecule has 0 saturated heterocycles. The van der Waals surface area contributed by atoms with Crippen molar-refractivity contribution in [3.8, 4) is 0 Å². The number of hydrogen-bond donors (Lipinski definition) is 2. The SMILES string of the molecule is Cc1cc(C)cc(N(C(=O)CCC(=O)Nc2cc(C)on2)[C@H](C(=O)NC2CCCC2)c2ccco2)c1. The maximum absolute atomic E-state index is 13.7. The van der Waals surface area contributed by atoms with E-state index in [1.807, 2.05) is 32.0 Å². The highest BCUT2D eigenvalue weighted by Gasteiger charge is 2.36. The topological polar surface area (TPSA) is 118 Å². The number of nitrogens with zero attached hydrogens (tertiary/aromatic N) is 2. The molecule has 3 aromatic rings. The summed E-state index contributed by atoms with van der Waals surface area (Å²) in [5.41, 5.74) is 2.49. The van der Waals surface area contributed by atoms with E-state index in [2.05, 4.69) is 15.8 Å². The summed E-state index contributed by atoms with van der Waals surface area (Å²) in [5.74, 6) is 0.182. The lowest BCUT2D eigenvalue weighted by Gasteiger charge is -2.31. The molecule has 0 aliphatic heterocycles. The van der Waals surface area contributed by atoms with E-state index in [1.54, 1.807) is 25.1 Å². The fraction of sp³-hybridized carbons (Fsp3) is 0.407. The Morgan fingerprint density at radius 3 is 2.39 bits per heavy atom. The van der Waals surface area contributed by atoms with Crippen LogP contribution >= 0.6 is 0 Å². The number of benzene rings is 1. The Balaban J connectivity index is 1.61. The van der Waals surface area contributed by atoms with Crippen LogP contribution in [0.15, 0.2) is 51.6 Å². The van der Waals surface area contributed by atoms with E-state index in [0.717, 1.165) is 36.8 Å². The standard InChI is InChI=1S/C27H32N4O5/c1-17-13-18(2)15-21(14-17)31(25(33)11-10-24(32)29-23-16-19(3)36-30-23)26(22-9-6-12-35-22)27(34)28-20-7-4-5-8-20/h6,9,12-16,20,26H,4-5,7-8,10-11H2,1-3H3,(H,28,34)(H,29,30,32)/t26-/m0/s1. The van der Waals surface area contributed by atoms with Gasteiger partial charge in [-0.15, -0.1) is 0 Å². The third kappa shape index (κ3) is 6.21. The second kappa shape index (κ2) is 11.2. The fourth-order valence-electron chi connectivity index (χ4n) is 4.67. The number of carbonyl (C=O) groups excluding carboxylic acids is 3. The van der Waals surface area contributed by atoms with Crippen LogP contribution in [-0.2, 0) is 14.4 Å². The third-order valence-electron chi connectivity index (χ3n) is 6.24. The molecule has 2 aromatic heterocycles. The van der Waals surface area contributed by atoms with Crippen LogP contribution in [-0.4, -0.2) is 28.9 Å². The molecular formula is C27H32N4O5. The number of hydrogen-bond acceptors (Lipinski definition) is 6. The van der Waals surface area contributed by atoms with Gasteiger partial charge in [-0.05, 0) is 69.0 Å². The molecule has 0 spiro atoms. The zero-order chi connectivity index (χ0) is 25.7. The second-order valence-corrected chi connectivity index (χ2v) is 9.39. The maximum atomic E-state index is 13.7. The summed E-state index contributed by atoms with van der Waals surface area (Å²) >= 11 is 0. The van der Waals surface area contributed by atoms with Gasteiger partial charge in [0.2, 0.25) is 11.8 Å². The van der Waals surface area contributed by atoms with Crippen molar-refractivity contribution in [3.63, 3.8) is 0 Å². The van der Waals surface area contributed by atoms with Gasteiger partial charge in [-0.1, -0.05) is 24.1 Å². The first-order valence-electron chi connectivity index (χ1n) is 12.3. The number of anilines is 2. The molecule has 0 unspecified atom stereocenters. The molecule has 36 heavy (non-hydrogen) atoms. The summed E-state index contributed by atoms with van der Waals surface area (Å²) in [4.78, 5) is 41.3. The number of amides is 3. The highest BCUT2D eigenvalue weighted by molar-refractivity contribution is 6.03. The Hall–Kier alpha value is -3.88. The Morgan fingerprint density at radius 1 is 1.06 bits per heavy atom. The van der Waals surface area contributed by atoms with E-state index in [-0.39, 0.29) is 36.6 Å². The predicted octanol–water partition coefficient (Wildman–Crippen LogP) is 4.74. The largest absolute Gasteiger partial charge is 0.467 e. The number of aromatic nitrogens is 1. The molecule has 1 aliphatic carbocycles. The third-order valence-corrected chi connectivity index (χ3v) is 6.24. The molecule has 2 N–H and O–H groups in total. The van der Waals surface area contributed by atoms with Crippen LogP contribution < -0.4 is 15.5 Å². The first-order valence-corrected chi connectivity index (χ1v) is 12.3. The first kappa shape index (κ1) is 25.2. The van der Waals surface area contributed by atoms with Gasteiger partial charge >= 0.3 is 0 Å². The van der Waals surface area contributed by atoms with Crippen molar-refractivity contribution in [1.82, 2.24) is 10.5 Å². The zero-order valence-corrected chi connectivity index (χ0v) is 20.9. The van der Waals surface area contributed by atoms with Crippen molar-refractivity contribution >= 4 is 29.2 Å². The molecule has 3 amide bonds. The molecule has 1 aromatic carbocycles. The van der Waals surface area contributed by atoms with Crippen molar-refractivity contribution in [2.45, 2.75) is 71.4 Å². The normalized spacial score (nSPS) is 14.4. The lowest BCUT2D eigenvalue weighted by molar-refractivity contribution is -0.128. The molecule has 0 radical (unpaired) electrons. The summed E-state index contributed by atoms with van der Waals surface area (Å²) in [6, 6.07) is 9.79. The van der Waals surface area contributed by atoms with E-state index in [1.165, 1.54) is 11.2 Å². The Bertz CT molecular complexity index is 1190. The van der Waals surface area contributed by atoms with Crippen LogP contribution in [0.5, 0.6) is 0 Å². The van der Waals surface area contributed by atoms with E-state index in [0.29, 0.717) is 23.0 Å². The van der Waals surface area contributed by atoms with Crippen molar-refractivity contribution in [2.24, 2.45) is 0 Å². The number of carbonyl (C=O) groups is 3. The highest BCUT2D eigenvalue weighted by Crippen LogP contribution is 2.31. The van der Waals surface area contributed by atoms with Crippen LogP contribution in [0.3, 0.4) is 0 Å². The quantitative estimate of drug-likeness (QED) is 0.445. The monoisotopic (exact) mass is 492 g/mol. The maximum Gasteiger partial charge on any atom is 0.251 e. The van der Waals surface area contributed by atoms with E-state index < -0.39 is 6.04 Å². The van der Waals surface area contributed by atoms with Gasteiger partial charge in [-0.2, -0.15) is 0 Å². The molecule has 9 nitrogen and oxygen atoms in total. The van der Waals surface area contributed by atoms with Gasteiger partial charge in [-0.3, -0.25) is 19.3 Å². The summed E-state index contributed by atoms with van der Waals surface area (Å²) in [6.07, 6.45) is 5.26. The lowest BCUT2D eigenvalue weighted by atomic mass is 10.0. The minimum Gasteiger partial charge on any atom is -0.467 e. The van der Waals surface area contributed by atoms with Crippen molar-refractivity contribution in [1.29, 1.82) is 0 Å². The van der Waals surface area contributed by atoms with Crippen LogP contribution in [0, 0.1) is 20.8 Å². The summed E-state index contributed by atoms with van der Waals surface area (Å²) < 4.78 is 10.6. The molecule has 9 heteroatoms. The van der Waals surface area contributed by atoms with E-state index in [9.17, 15) is 14.4 Å². The average Bonchev–Trinajstić information content (AvgIpc) is 3.59. The number of aryl methyl sites for hydroxylation is 3. The molecular weight excluding hydrogens is 460 g/mol. The van der Waals surface area contributed by atoms with Gasteiger partial charge < -0.3 is 19.6 Å². The van der Waals surface area contributed by atoms with E-state index in [4.69, 9.17) is 8.94 Å². The van der Waals surface area contributed by atoms with Gasteiger partial charge in [0.15, 0.2) is 11.9 Å². The summed E-state index contributed by atoms with van der Waals surface area (Å²) in [5, 5.41) is 9.49. The Kier molecular flexibility index (Phi) is 7.87. The fourth-order valence-corrected chi connectivity index (χ4v) is 4.67. The van der Waals surface area contributed by atoms with Gasteiger partial charge in [-0.25, -0.2) is 0 Å². The predicted molar refractivity (Wildman–Crippen MR) is 134 cm³/mol. The summed E-state index contributed by atoms with van der Waals surface area (Å²) in [7, 11) is 0. The zero-order valence-electron chi connectivity index (χ0n) is 20.9. The van der Waals surface area contributed by atoms with E-state index >= 15 is 0 Å². The molecule has 4 rings (SSSR count). The van der Waals surface area contributed by atoms with Gasteiger partial charge in [0, 0.05) is 30.6 Å². The number of furan rings is 1. The summed E-state index contributed by atoms with van der Waals surface area (Å²) in [6.45, 7) is 5.60. The van der Waals surface area contributed by atoms with Crippen molar-refractivity contribution in [3.05, 3.63) is 65.3 Å². The Labute approximate surface area is 210 Å². The van der Waals surface area contributed by atoms with Crippen LogP contribution in [0.2, 0.25) is 0 Å².